The van der Waals surface area contributed by atoms with E-state index in [4.69, 9.17) is 0 Å². The van der Waals surface area contributed by atoms with E-state index in [9.17, 15) is 9.59 Å². The predicted octanol–water partition coefficient (Wildman–Crippen LogP) is 3.95. The number of benzene rings is 1. The summed E-state index contributed by atoms with van der Waals surface area (Å²) in [6.45, 7) is 4.87. The lowest BCUT2D eigenvalue weighted by molar-refractivity contribution is -0.118. The Hall–Kier alpha value is -2.67. The highest BCUT2D eigenvalue weighted by atomic mass is 16.2. The quantitative estimate of drug-likeness (QED) is 0.679. The molecule has 32 heavy (non-hydrogen) atoms. The first kappa shape index (κ1) is 22.5. The number of nitrogens with one attached hydrogen (secondary N) is 1. The van der Waals surface area contributed by atoms with Crippen LogP contribution in [0.25, 0.3) is 0 Å². The number of amides is 2. The number of likely N-dealkylation sites (tertiary alicyclic amines) is 1. The first-order valence-electron chi connectivity index (χ1n) is 12.1. The summed E-state index contributed by atoms with van der Waals surface area (Å²) < 4.78 is 1.99. The van der Waals surface area contributed by atoms with Gasteiger partial charge in [0.05, 0.1) is 18.8 Å². The van der Waals surface area contributed by atoms with Crippen molar-refractivity contribution in [2.24, 2.45) is 0 Å². The molecule has 2 amide bonds. The fraction of sp³-hybridized carbons (Fsp3) is 0.560. The smallest absolute Gasteiger partial charge is 0.253 e. The van der Waals surface area contributed by atoms with Gasteiger partial charge in [-0.25, -0.2) is 4.68 Å². The van der Waals surface area contributed by atoms with Crippen molar-refractivity contribution in [2.75, 3.05) is 31.5 Å². The molecule has 2 fully saturated rings. The molecule has 7 heteroatoms. The van der Waals surface area contributed by atoms with Crippen molar-refractivity contribution in [1.29, 1.82) is 0 Å². The van der Waals surface area contributed by atoms with Crippen LogP contribution in [-0.4, -0.2) is 63.6 Å². The molecular formula is C25H35N5O2. The number of hydrogen-bond acceptors (Lipinski definition) is 4. The summed E-state index contributed by atoms with van der Waals surface area (Å²) in [5.41, 5.74) is 0.745. The second-order valence-electron chi connectivity index (χ2n) is 9.01. The maximum atomic E-state index is 12.9. The van der Waals surface area contributed by atoms with Crippen LogP contribution in [0.4, 0.5) is 5.82 Å². The molecule has 4 rings (SSSR count). The van der Waals surface area contributed by atoms with Gasteiger partial charge in [0.15, 0.2) is 0 Å². The third kappa shape index (κ3) is 5.38. The fourth-order valence-corrected chi connectivity index (χ4v) is 5.10. The summed E-state index contributed by atoms with van der Waals surface area (Å²) in [7, 11) is 0. The Morgan fingerprint density at radius 3 is 2.47 bits per heavy atom. The molecule has 1 saturated carbocycles. The van der Waals surface area contributed by atoms with Crippen LogP contribution in [0, 0.1) is 0 Å². The molecule has 1 saturated heterocycles. The molecule has 0 unspecified atom stereocenters. The number of aromatic nitrogens is 2. The number of carbonyl (C=O) groups is 2. The van der Waals surface area contributed by atoms with E-state index in [1.54, 1.807) is 6.20 Å². The Morgan fingerprint density at radius 1 is 1.06 bits per heavy atom. The van der Waals surface area contributed by atoms with Gasteiger partial charge >= 0.3 is 0 Å². The van der Waals surface area contributed by atoms with Crippen molar-refractivity contribution in [1.82, 2.24) is 19.6 Å². The summed E-state index contributed by atoms with van der Waals surface area (Å²) >= 11 is 0. The SMILES string of the molecule is CCCN(CC(=O)Nc1ccnn1C1CCCC1)C1CCN(C(=O)c2ccccc2)CC1. The average molecular weight is 438 g/mol. The first-order valence-corrected chi connectivity index (χ1v) is 12.1. The third-order valence-corrected chi connectivity index (χ3v) is 6.75. The van der Waals surface area contributed by atoms with Crippen molar-refractivity contribution in [3.05, 3.63) is 48.2 Å². The lowest BCUT2D eigenvalue weighted by Gasteiger charge is -2.38. The minimum Gasteiger partial charge on any atom is -0.339 e. The van der Waals surface area contributed by atoms with Crippen LogP contribution in [0.15, 0.2) is 42.6 Å². The summed E-state index contributed by atoms with van der Waals surface area (Å²) in [6, 6.07) is 12.1. The lowest BCUT2D eigenvalue weighted by Crippen LogP contribution is -2.49. The Kier molecular flexibility index (Phi) is 7.58. The third-order valence-electron chi connectivity index (χ3n) is 6.75. The molecule has 1 aromatic carbocycles. The Labute approximate surface area is 190 Å². The summed E-state index contributed by atoms with van der Waals surface area (Å²) in [6.07, 6.45) is 9.28. The van der Waals surface area contributed by atoms with Gasteiger partial charge in [0.2, 0.25) is 5.91 Å². The van der Waals surface area contributed by atoms with Gasteiger partial charge in [0, 0.05) is 30.8 Å². The van der Waals surface area contributed by atoms with Gasteiger partial charge in [0.1, 0.15) is 5.82 Å². The molecule has 7 nitrogen and oxygen atoms in total. The van der Waals surface area contributed by atoms with Gasteiger partial charge in [-0.1, -0.05) is 38.0 Å². The predicted molar refractivity (Wildman–Crippen MR) is 126 cm³/mol. The molecule has 2 aliphatic rings. The average Bonchev–Trinajstić information content (AvgIpc) is 3.51. The number of anilines is 1. The molecule has 1 aliphatic heterocycles. The normalized spacial score (nSPS) is 17.8. The molecule has 1 N–H and O–H groups in total. The van der Waals surface area contributed by atoms with Crippen LogP contribution in [0.2, 0.25) is 0 Å². The molecule has 1 aliphatic carbocycles. The summed E-state index contributed by atoms with van der Waals surface area (Å²) in [4.78, 5) is 29.9. The minimum absolute atomic E-state index is 0.0148. The number of carbonyl (C=O) groups excluding carboxylic acids is 2. The maximum Gasteiger partial charge on any atom is 0.253 e. The second kappa shape index (κ2) is 10.8. The van der Waals surface area contributed by atoms with Gasteiger partial charge in [-0.3, -0.25) is 14.5 Å². The molecule has 172 valence electrons. The molecule has 0 bridgehead atoms. The van der Waals surface area contributed by atoms with Gasteiger partial charge in [-0.05, 0) is 50.8 Å². The van der Waals surface area contributed by atoms with Crippen LogP contribution in [0.1, 0.15) is 68.3 Å². The highest BCUT2D eigenvalue weighted by Gasteiger charge is 2.28. The van der Waals surface area contributed by atoms with Gasteiger partial charge < -0.3 is 10.2 Å². The van der Waals surface area contributed by atoms with Crippen LogP contribution in [-0.2, 0) is 4.79 Å². The number of rotatable bonds is 8. The first-order chi connectivity index (χ1) is 15.7. The number of piperidine rings is 1. The van der Waals surface area contributed by atoms with Crippen LogP contribution < -0.4 is 5.32 Å². The second-order valence-corrected chi connectivity index (χ2v) is 9.01. The largest absolute Gasteiger partial charge is 0.339 e. The zero-order chi connectivity index (χ0) is 22.3. The van der Waals surface area contributed by atoms with Crippen LogP contribution in [0.3, 0.4) is 0 Å². The maximum absolute atomic E-state index is 12.9. The van der Waals surface area contributed by atoms with E-state index < -0.39 is 0 Å². The van der Waals surface area contributed by atoms with Crippen molar-refractivity contribution < 1.29 is 9.59 Å². The monoisotopic (exact) mass is 437 g/mol. The van der Waals surface area contributed by atoms with E-state index in [1.807, 2.05) is 46.0 Å². The van der Waals surface area contributed by atoms with Crippen molar-refractivity contribution in [3.63, 3.8) is 0 Å². The molecular weight excluding hydrogens is 402 g/mol. The minimum atomic E-state index is 0.0148. The molecule has 0 radical (unpaired) electrons. The molecule has 2 heterocycles. The van der Waals surface area contributed by atoms with Crippen LogP contribution in [0.5, 0.6) is 0 Å². The van der Waals surface area contributed by atoms with E-state index >= 15 is 0 Å². The van der Waals surface area contributed by atoms with E-state index in [0.29, 0.717) is 18.6 Å². The summed E-state index contributed by atoms with van der Waals surface area (Å²) in [5.74, 6) is 0.923. The Balaban J connectivity index is 1.32. The fourth-order valence-electron chi connectivity index (χ4n) is 5.10. The Bertz CT molecular complexity index is 883. The summed E-state index contributed by atoms with van der Waals surface area (Å²) in [5, 5.41) is 7.56. The highest BCUT2D eigenvalue weighted by Crippen LogP contribution is 2.31. The van der Waals surface area contributed by atoms with E-state index in [0.717, 1.165) is 63.1 Å². The zero-order valence-corrected chi connectivity index (χ0v) is 19.1. The standard InChI is InChI=1S/C25H35N5O2/c1-2-16-29(19-24(31)27-23-12-15-26-30(23)22-10-6-7-11-22)21-13-17-28(18-14-21)25(32)20-8-4-3-5-9-20/h3-5,8-9,12,15,21-22H,2,6-7,10-11,13-14,16-19H2,1H3,(H,27,31). The molecule has 0 spiro atoms. The molecule has 1 aromatic heterocycles. The lowest BCUT2D eigenvalue weighted by atomic mass is 10.0. The zero-order valence-electron chi connectivity index (χ0n) is 19.1. The topological polar surface area (TPSA) is 70.5 Å². The van der Waals surface area contributed by atoms with E-state index in [1.165, 1.54) is 12.8 Å². The van der Waals surface area contributed by atoms with E-state index in [-0.39, 0.29) is 11.8 Å². The van der Waals surface area contributed by atoms with Gasteiger partial charge in [0.25, 0.3) is 5.91 Å². The van der Waals surface area contributed by atoms with Crippen LogP contribution >= 0.6 is 0 Å². The highest BCUT2D eigenvalue weighted by molar-refractivity contribution is 5.94. The van der Waals surface area contributed by atoms with Gasteiger partial charge in [-0.2, -0.15) is 5.10 Å². The van der Waals surface area contributed by atoms with Crippen molar-refractivity contribution in [2.45, 2.75) is 64.0 Å². The van der Waals surface area contributed by atoms with Crippen molar-refractivity contribution >= 4 is 17.6 Å². The van der Waals surface area contributed by atoms with Crippen molar-refractivity contribution in [3.8, 4) is 0 Å². The Morgan fingerprint density at radius 2 is 1.78 bits per heavy atom. The molecule has 0 atom stereocenters. The van der Waals surface area contributed by atoms with E-state index in [2.05, 4.69) is 22.2 Å². The molecule has 2 aromatic rings. The number of hydrogen-bond donors (Lipinski definition) is 1. The van der Waals surface area contributed by atoms with Gasteiger partial charge in [-0.15, -0.1) is 0 Å². The number of nitrogens with zero attached hydrogens (tertiary/aromatic N) is 4.